The molecule has 2 nitrogen and oxygen atoms in total. The number of furan rings is 1. The summed E-state index contributed by atoms with van der Waals surface area (Å²) in [5, 5.41) is 12.0. The van der Waals surface area contributed by atoms with Gasteiger partial charge in [0.2, 0.25) is 0 Å². The maximum atomic E-state index is 8.48. The van der Waals surface area contributed by atoms with E-state index < -0.39 is 0 Å². The zero-order valence-electron chi connectivity index (χ0n) is 7.03. The summed E-state index contributed by atoms with van der Waals surface area (Å²) in [6.07, 6.45) is 1.69. The number of hydrogen-bond donors (Lipinski definition) is 1. The summed E-state index contributed by atoms with van der Waals surface area (Å²) in [5.41, 5.74) is 0. The zero-order chi connectivity index (χ0) is 9.68. The lowest BCUT2D eigenvalue weighted by molar-refractivity contribution is 0.478. The lowest BCUT2D eigenvalue weighted by Gasteiger charge is -1.77. The van der Waals surface area contributed by atoms with Gasteiger partial charge >= 0.3 is 0 Å². The first-order valence-electron chi connectivity index (χ1n) is 3.61. The number of aryl methyl sites for hydroxylation is 1. The van der Waals surface area contributed by atoms with Crippen LogP contribution in [0.15, 0.2) is 33.6 Å². The van der Waals surface area contributed by atoms with E-state index in [0.29, 0.717) is 5.75 Å². The molecule has 0 radical (unpaired) electrons. The van der Waals surface area contributed by atoms with Crippen molar-refractivity contribution in [3.05, 3.63) is 38.5 Å². The van der Waals surface area contributed by atoms with Crippen molar-refractivity contribution in [3.63, 3.8) is 0 Å². The van der Waals surface area contributed by atoms with E-state index in [1.54, 1.807) is 17.7 Å². The lowest BCUT2D eigenvalue weighted by Crippen LogP contribution is -1.62. The standard InChI is InChI=1S/C5H5IO.C4H4OS/c1-4-5(6)2-3-7-4;5-4-1-2-6-3-4/h2-3H,1H3;1-3,5H. The first-order chi connectivity index (χ1) is 6.20. The van der Waals surface area contributed by atoms with Gasteiger partial charge in [0, 0.05) is 5.38 Å². The number of hydrogen-bond acceptors (Lipinski definition) is 3. The molecule has 0 atom stereocenters. The second kappa shape index (κ2) is 5.29. The van der Waals surface area contributed by atoms with Crippen LogP contribution < -0.4 is 0 Å². The highest BCUT2D eigenvalue weighted by Crippen LogP contribution is 2.11. The average Bonchev–Trinajstić information content (AvgIpc) is 2.67. The molecule has 0 unspecified atom stereocenters. The smallest absolute Gasteiger partial charge is 0.126 e. The van der Waals surface area contributed by atoms with E-state index in [0.717, 1.165) is 5.76 Å². The van der Waals surface area contributed by atoms with E-state index in [1.807, 2.05) is 18.4 Å². The quantitative estimate of drug-likeness (QED) is 0.754. The van der Waals surface area contributed by atoms with Crippen LogP contribution in [0, 0.1) is 10.5 Å². The fraction of sp³-hybridized carbons (Fsp3) is 0.111. The number of thiophene rings is 1. The van der Waals surface area contributed by atoms with Crippen molar-refractivity contribution < 1.29 is 9.52 Å². The minimum absolute atomic E-state index is 0.361. The van der Waals surface area contributed by atoms with E-state index in [-0.39, 0.29) is 0 Å². The van der Waals surface area contributed by atoms with Gasteiger partial charge in [0.15, 0.2) is 0 Å². The first kappa shape index (κ1) is 10.6. The van der Waals surface area contributed by atoms with Gasteiger partial charge in [-0.25, -0.2) is 0 Å². The molecule has 70 valence electrons. The zero-order valence-corrected chi connectivity index (χ0v) is 10.0. The van der Waals surface area contributed by atoms with E-state index >= 15 is 0 Å². The molecule has 1 N–H and O–H groups in total. The van der Waals surface area contributed by atoms with Crippen LogP contribution in [-0.4, -0.2) is 5.11 Å². The van der Waals surface area contributed by atoms with Gasteiger partial charge in [0.25, 0.3) is 0 Å². The predicted octanol–water partition coefficient (Wildman–Crippen LogP) is 3.65. The van der Waals surface area contributed by atoms with E-state index in [9.17, 15) is 0 Å². The van der Waals surface area contributed by atoms with Gasteiger partial charge in [-0.1, -0.05) is 0 Å². The summed E-state index contributed by atoms with van der Waals surface area (Å²) in [6, 6.07) is 3.60. The largest absolute Gasteiger partial charge is 0.507 e. The summed E-state index contributed by atoms with van der Waals surface area (Å²) in [6.45, 7) is 1.95. The Morgan fingerprint density at radius 2 is 2.23 bits per heavy atom. The van der Waals surface area contributed by atoms with Gasteiger partial charge < -0.3 is 9.52 Å². The fourth-order valence-electron chi connectivity index (χ4n) is 0.627. The molecule has 2 heterocycles. The van der Waals surface area contributed by atoms with Crippen molar-refractivity contribution >= 4 is 33.9 Å². The third-order valence-corrected chi connectivity index (χ3v) is 3.09. The summed E-state index contributed by atoms with van der Waals surface area (Å²) in [7, 11) is 0. The molecule has 0 fully saturated rings. The van der Waals surface area contributed by atoms with Crippen molar-refractivity contribution in [2.75, 3.05) is 0 Å². The van der Waals surface area contributed by atoms with Crippen molar-refractivity contribution in [2.24, 2.45) is 0 Å². The number of rotatable bonds is 0. The molecule has 13 heavy (non-hydrogen) atoms. The van der Waals surface area contributed by atoms with E-state index in [2.05, 4.69) is 22.6 Å². The Bertz CT molecular complexity index is 324. The number of aromatic hydroxyl groups is 1. The van der Waals surface area contributed by atoms with Crippen molar-refractivity contribution in [1.82, 2.24) is 0 Å². The second-order valence-corrected chi connectivity index (χ2v) is 4.25. The van der Waals surface area contributed by atoms with Gasteiger partial charge in [0.05, 0.1) is 9.83 Å². The van der Waals surface area contributed by atoms with Gasteiger partial charge in [-0.05, 0) is 47.0 Å². The molecule has 0 aromatic carbocycles. The van der Waals surface area contributed by atoms with Crippen LogP contribution in [0.3, 0.4) is 0 Å². The second-order valence-electron chi connectivity index (χ2n) is 2.31. The van der Waals surface area contributed by atoms with E-state index in [1.165, 1.54) is 14.9 Å². The van der Waals surface area contributed by atoms with Gasteiger partial charge in [-0.2, -0.15) is 0 Å². The molecule has 0 aliphatic rings. The Morgan fingerprint density at radius 1 is 1.46 bits per heavy atom. The first-order valence-corrected chi connectivity index (χ1v) is 5.63. The molecule has 2 aromatic rings. The maximum absolute atomic E-state index is 8.48. The van der Waals surface area contributed by atoms with Crippen LogP contribution in [-0.2, 0) is 0 Å². The highest BCUT2D eigenvalue weighted by atomic mass is 127. The topological polar surface area (TPSA) is 33.4 Å². The monoisotopic (exact) mass is 308 g/mol. The average molecular weight is 308 g/mol. The fourth-order valence-corrected chi connectivity index (χ4v) is 1.42. The van der Waals surface area contributed by atoms with Crippen molar-refractivity contribution in [3.8, 4) is 5.75 Å². The normalized spacial score (nSPS) is 9.08. The van der Waals surface area contributed by atoms with Crippen LogP contribution in [0.5, 0.6) is 5.75 Å². The van der Waals surface area contributed by atoms with Crippen LogP contribution in [0.2, 0.25) is 0 Å². The third-order valence-electron chi connectivity index (χ3n) is 1.30. The molecule has 2 rings (SSSR count). The number of halogens is 1. The minimum Gasteiger partial charge on any atom is -0.507 e. The highest BCUT2D eigenvalue weighted by molar-refractivity contribution is 14.1. The minimum atomic E-state index is 0.361. The molecule has 0 amide bonds. The van der Waals surface area contributed by atoms with Crippen molar-refractivity contribution in [2.45, 2.75) is 6.92 Å². The Hall–Kier alpha value is -0.490. The van der Waals surface area contributed by atoms with Gasteiger partial charge in [0.1, 0.15) is 11.5 Å². The molecule has 0 aliphatic heterocycles. The van der Waals surface area contributed by atoms with Crippen LogP contribution in [0.25, 0.3) is 0 Å². The van der Waals surface area contributed by atoms with Gasteiger partial charge in [-0.3, -0.25) is 0 Å². The molecule has 0 spiro atoms. The Labute approximate surface area is 94.4 Å². The molecule has 4 heteroatoms. The molecular formula is C9H9IO2S. The highest BCUT2D eigenvalue weighted by Gasteiger charge is 1.91. The molecular weight excluding hydrogens is 299 g/mol. The van der Waals surface area contributed by atoms with Crippen LogP contribution in [0.4, 0.5) is 0 Å². The van der Waals surface area contributed by atoms with Crippen molar-refractivity contribution in [1.29, 1.82) is 0 Å². The third kappa shape index (κ3) is 3.82. The molecule has 2 aromatic heterocycles. The van der Waals surface area contributed by atoms with Crippen LogP contribution >= 0.6 is 33.9 Å². The molecule has 0 saturated heterocycles. The molecule has 0 bridgehead atoms. The molecule has 0 aliphatic carbocycles. The Kier molecular flexibility index (Phi) is 4.31. The summed E-state index contributed by atoms with van der Waals surface area (Å²) in [5.74, 6) is 1.36. The Balaban J connectivity index is 0.000000132. The SMILES string of the molecule is Cc1occc1I.Oc1ccsc1. The lowest BCUT2D eigenvalue weighted by atomic mass is 10.5. The van der Waals surface area contributed by atoms with E-state index in [4.69, 9.17) is 9.52 Å². The summed E-state index contributed by atoms with van der Waals surface area (Å²) < 4.78 is 6.15. The molecule has 0 saturated carbocycles. The van der Waals surface area contributed by atoms with Gasteiger partial charge in [-0.15, -0.1) is 11.3 Å². The summed E-state index contributed by atoms with van der Waals surface area (Å²) in [4.78, 5) is 0. The maximum Gasteiger partial charge on any atom is 0.126 e. The summed E-state index contributed by atoms with van der Waals surface area (Å²) >= 11 is 3.72. The van der Waals surface area contributed by atoms with Crippen LogP contribution in [0.1, 0.15) is 5.76 Å². The predicted molar refractivity (Wildman–Crippen MR) is 62.1 cm³/mol. The Morgan fingerprint density at radius 3 is 2.38 bits per heavy atom.